The van der Waals surface area contributed by atoms with Crippen LogP contribution in [0.3, 0.4) is 0 Å². The van der Waals surface area contributed by atoms with Crippen LogP contribution in [0.2, 0.25) is 0 Å². The fourth-order valence-electron chi connectivity index (χ4n) is 1.27. The number of hydrogen-bond acceptors (Lipinski definition) is 5. The Hall–Kier alpha value is -1.46. The van der Waals surface area contributed by atoms with E-state index >= 15 is 0 Å². The number of aliphatic hydroxyl groups is 1. The molecule has 0 aliphatic heterocycles. The quantitative estimate of drug-likeness (QED) is 0.580. The SMILES string of the molecule is COC(=O)C(C)(O)COCCc1ccccn1. The van der Waals surface area contributed by atoms with Crippen molar-refractivity contribution in [2.24, 2.45) is 0 Å². The maximum absolute atomic E-state index is 11.1. The Labute approximate surface area is 100 Å². The van der Waals surface area contributed by atoms with Crippen molar-refractivity contribution in [2.45, 2.75) is 18.9 Å². The summed E-state index contributed by atoms with van der Waals surface area (Å²) in [5.41, 5.74) is -0.691. The number of ether oxygens (including phenoxy) is 2. The van der Waals surface area contributed by atoms with Crippen LogP contribution in [-0.4, -0.2) is 42.0 Å². The molecule has 0 aliphatic carbocycles. The Morgan fingerprint density at radius 2 is 2.29 bits per heavy atom. The number of pyridine rings is 1. The van der Waals surface area contributed by atoms with E-state index in [0.29, 0.717) is 13.0 Å². The number of hydrogen-bond donors (Lipinski definition) is 1. The fourth-order valence-corrected chi connectivity index (χ4v) is 1.27. The molecule has 0 amide bonds. The maximum Gasteiger partial charge on any atom is 0.339 e. The van der Waals surface area contributed by atoms with E-state index in [0.717, 1.165) is 5.69 Å². The molecular weight excluding hydrogens is 222 g/mol. The predicted molar refractivity (Wildman–Crippen MR) is 61.4 cm³/mol. The van der Waals surface area contributed by atoms with Gasteiger partial charge in [-0.1, -0.05) is 6.07 Å². The lowest BCUT2D eigenvalue weighted by atomic mass is 10.1. The van der Waals surface area contributed by atoms with Crippen LogP contribution >= 0.6 is 0 Å². The molecule has 0 aliphatic rings. The summed E-state index contributed by atoms with van der Waals surface area (Å²) in [5.74, 6) is -0.699. The van der Waals surface area contributed by atoms with Crippen molar-refractivity contribution in [1.82, 2.24) is 4.98 Å². The number of methoxy groups -OCH3 is 1. The highest BCUT2D eigenvalue weighted by molar-refractivity contribution is 5.78. The van der Waals surface area contributed by atoms with Crippen LogP contribution in [0.1, 0.15) is 12.6 Å². The molecule has 0 saturated carbocycles. The van der Waals surface area contributed by atoms with Gasteiger partial charge in [0.25, 0.3) is 0 Å². The smallest absolute Gasteiger partial charge is 0.339 e. The first kappa shape index (κ1) is 13.6. The van der Waals surface area contributed by atoms with Gasteiger partial charge in [-0.3, -0.25) is 4.98 Å². The number of carbonyl (C=O) groups is 1. The summed E-state index contributed by atoms with van der Waals surface area (Å²) in [6.45, 7) is 1.66. The van der Waals surface area contributed by atoms with Crippen molar-refractivity contribution in [1.29, 1.82) is 0 Å². The van der Waals surface area contributed by atoms with Crippen molar-refractivity contribution < 1.29 is 19.4 Å². The monoisotopic (exact) mass is 239 g/mol. The summed E-state index contributed by atoms with van der Waals surface area (Å²) in [6, 6.07) is 5.63. The van der Waals surface area contributed by atoms with Crippen molar-refractivity contribution in [3.05, 3.63) is 30.1 Å². The summed E-state index contributed by atoms with van der Waals surface area (Å²) < 4.78 is 9.68. The molecule has 0 radical (unpaired) electrons. The van der Waals surface area contributed by atoms with E-state index in [1.54, 1.807) is 6.20 Å². The molecule has 1 aromatic rings. The highest BCUT2D eigenvalue weighted by Crippen LogP contribution is 2.06. The van der Waals surface area contributed by atoms with Gasteiger partial charge in [0, 0.05) is 18.3 Å². The van der Waals surface area contributed by atoms with E-state index in [-0.39, 0.29) is 6.61 Å². The molecule has 1 N–H and O–H groups in total. The minimum absolute atomic E-state index is 0.0908. The van der Waals surface area contributed by atoms with Crippen LogP contribution in [-0.2, 0) is 20.7 Å². The van der Waals surface area contributed by atoms with Crippen molar-refractivity contribution in [3.8, 4) is 0 Å². The predicted octanol–water partition coefficient (Wildman–Crippen LogP) is 0.565. The van der Waals surface area contributed by atoms with E-state index in [4.69, 9.17) is 4.74 Å². The van der Waals surface area contributed by atoms with Gasteiger partial charge in [-0.2, -0.15) is 0 Å². The maximum atomic E-state index is 11.1. The second kappa shape index (κ2) is 6.32. The average molecular weight is 239 g/mol. The zero-order valence-corrected chi connectivity index (χ0v) is 10.0. The minimum Gasteiger partial charge on any atom is -0.467 e. The molecule has 0 bridgehead atoms. The molecule has 1 heterocycles. The summed E-state index contributed by atoms with van der Waals surface area (Å²) in [4.78, 5) is 15.3. The lowest BCUT2D eigenvalue weighted by Crippen LogP contribution is -2.41. The molecule has 1 unspecified atom stereocenters. The molecule has 0 aromatic carbocycles. The van der Waals surface area contributed by atoms with Crippen LogP contribution < -0.4 is 0 Å². The largest absolute Gasteiger partial charge is 0.467 e. The van der Waals surface area contributed by atoms with Gasteiger partial charge in [-0.15, -0.1) is 0 Å². The third-order valence-electron chi connectivity index (χ3n) is 2.24. The minimum atomic E-state index is -1.60. The second-order valence-corrected chi connectivity index (χ2v) is 3.89. The van der Waals surface area contributed by atoms with E-state index in [1.807, 2.05) is 18.2 Å². The van der Waals surface area contributed by atoms with E-state index in [1.165, 1.54) is 14.0 Å². The summed E-state index contributed by atoms with van der Waals surface area (Å²) >= 11 is 0. The number of esters is 1. The van der Waals surface area contributed by atoms with Gasteiger partial charge in [-0.25, -0.2) is 4.79 Å². The van der Waals surface area contributed by atoms with Gasteiger partial charge in [0.2, 0.25) is 0 Å². The topological polar surface area (TPSA) is 68.7 Å². The standard InChI is InChI=1S/C12H17NO4/c1-12(15,11(14)16-2)9-17-8-6-10-5-3-4-7-13-10/h3-5,7,15H,6,8-9H2,1-2H3. The Morgan fingerprint density at radius 3 is 2.88 bits per heavy atom. The normalized spacial score (nSPS) is 14.1. The van der Waals surface area contributed by atoms with Gasteiger partial charge in [0.05, 0.1) is 20.3 Å². The first-order chi connectivity index (χ1) is 8.06. The lowest BCUT2D eigenvalue weighted by Gasteiger charge is -2.19. The van der Waals surface area contributed by atoms with Crippen LogP contribution in [0.5, 0.6) is 0 Å². The second-order valence-electron chi connectivity index (χ2n) is 3.89. The van der Waals surface area contributed by atoms with Crippen molar-refractivity contribution >= 4 is 5.97 Å². The van der Waals surface area contributed by atoms with Gasteiger partial charge in [0.1, 0.15) is 0 Å². The van der Waals surface area contributed by atoms with Crippen LogP contribution in [0.4, 0.5) is 0 Å². The number of nitrogens with zero attached hydrogens (tertiary/aromatic N) is 1. The van der Waals surface area contributed by atoms with Gasteiger partial charge in [-0.05, 0) is 19.1 Å². The third kappa shape index (κ3) is 4.50. The molecule has 0 spiro atoms. The molecular formula is C12H17NO4. The van der Waals surface area contributed by atoms with Gasteiger partial charge < -0.3 is 14.6 Å². The molecule has 0 saturated heterocycles. The zero-order chi connectivity index (χ0) is 12.7. The van der Waals surface area contributed by atoms with Gasteiger partial charge in [0.15, 0.2) is 5.60 Å². The highest BCUT2D eigenvalue weighted by Gasteiger charge is 2.31. The summed E-state index contributed by atoms with van der Waals surface area (Å²) in [5, 5.41) is 9.67. The molecule has 94 valence electrons. The first-order valence-corrected chi connectivity index (χ1v) is 5.35. The first-order valence-electron chi connectivity index (χ1n) is 5.35. The Kier molecular flexibility index (Phi) is 5.06. The molecule has 1 rings (SSSR count). The van der Waals surface area contributed by atoms with Crippen molar-refractivity contribution in [2.75, 3.05) is 20.3 Å². The fraction of sp³-hybridized carbons (Fsp3) is 0.500. The third-order valence-corrected chi connectivity index (χ3v) is 2.24. The molecule has 0 fully saturated rings. The zero-order valence-electron chi connectivity index (χ0n) is 10.0. The summed E-state index contributed by atoms with van der Waals surface area (Å²) in [6.07, 6.45) is 2.35. The molecule has 17 heavy (non-hydrogen) atoms. The van der Waals surface area contributed by atoms with E-state index in [9.17, 15) is 9.90 Å². The summed E-state index contributed by atoms with van der Waals surface area (Å²) in [7, 11) is 1.23. The van der Waals surface area contributed by atoms with Crippen LogP contribution in [0.15, 0.2) is 24.4 Å². The Balaban J connectivity index is 2.27. The lowest BCUT2D eigenvalue weighted by molar-refractivity contribution is -0.166. The van der Waals surface area contributed by atoms with Crippen molar-refractivity contribution in [3.63, 3.8) is 0 Å². The number of aromatic nitrogens is 1. The van der Waals surface area contributed by atoms with Gasteiger partial charge >= 0.3 is 5.97 Å². The van der Waals surface area contributed by atoms with Crippen LogP contribution in [0, 0.1) is 0 Å². The number of carbonyl (C=O) groups excluding carboxylic acids is 1. The Morgan fingerprint density at radius 1 is 1.53 bits per heavy atom. The molecule has 5 nitrogen and oxygen atoms in total. The van der Waals surface area contributed by atoms with E-state index in [2.05, 4.69) is 9.72 Å². The van der Waals surface area contributed by atoms with Crippen LogP contribution in [0.25, 0.3) is 0 Å². The average Bonchev–Trinajstić information content (AvgIpc) is 2.35. The van der Waals surface area contributed by atoms with E-state index < -0.39 is 11.6 Å². The molecule has 5 heteroatoms. The highest BCUT2D eigenvalue weighted by atomic mass is 16.6. The number of rotatable bonds is 6. The molecule has 1 aromatic heterocycles. The Bertz CT molecular complexity index is 351. The molecule has 1 atom stereocenters.